The van der Waals surface area contributed by atoms with Gasteiger partial charge in [0.2, 0.25) is 0 Å². The minimum Gasteiger partial charge on any atom is -0.481 e. The molecule has 26 heavy (non-hydrogen) atoms. The third-order valence-electron chi connectivity index (χ3n) is 4.79. The van der Waals surface area contributed by atoms with Crippen LogP contribution in [0, 0.1) is 11.8 Å². The van der Waals surface area contributed by atoms with E-state index in [4.69, 9.17) is 0 Å². The van der Waals surface area contributed by atoms with E-state index in [0.717, 1.165) is 12.1 Å². The van der Waals surface area contributed by atoms with E-state index in [2.05, 4.69) is 10.6 Å². The Morgan fingerprint density at radius 3 is 2.85 bits per heavy atom. The molecule has 2 saturated heterocycles. The number of carboxylic acids is 1. The molecule has 0 bridgehead atoms. The average molecular weight is 360 g/mol. The van der Waals surface area contributed by atoms with E-state index in [0.29, 0.717) is 31.7 Å². The SMILES string of the molecule is CC1CC(C(=O)O)CN(C(=O)Nc2cccc(N3CCCNC3=O)c2)C1. The molecule has 3 N–H and O–H groups in total. The molecule has 2 atom stereocenters. The highest BCUT2D eigenvalue weighted by atomic mass is 16.4. The minimum atomic E-state index is -0.868. The summed E-state index contributed by atoms with van der Waals surface area (Å²) in [5.41, 5.74) is 1.30. The van der Waals surface area contributed by atoms with Crippen LogP contribution in [0.2, 0.25) is 0 Å². The molecule has 140 valence electrons. The van der Waals surface area contributed by atoms with Gasteiger partial charge in [0.15, 0.2) is 0 Å². The van der Waals surface area contributed by atoms with E-state index >= 15 is 0 Å². The number of benzene rings is 1. The van der Waals surface area contributed by atoms with Gasteiger partial charge in [-0.25, -0.2) is 9.59 Å². The topological polar surface area (TPSA) is 102 Å². The molecule has 0 aliphatic carbocycles. The van der Waals surface area contributed by atoms with Gasteiger partial charge in [0.1, 0.15) is 0 Å². The van der Waals surface area contributed by atoms with Gasteiger partial charge in [-0.15, -0.1) is 0 Å². The van der Waals surface area contributed by atoms with Crippen molar-refractivity contribution in [2.24, 2.45) is 11.8 Å². The number of carbonyl (C=O) groups excluding carboxylic acids is 2. The standard InChI is InChI=1S/C18H24N4O4/c1-12-8-13(16(23)24)11-21(10-12)18(26)20-14-4-2-5-15(9-14)22-7-3-6-19-17(22)25/h2,4-5,9,12-13H,3,6-8,10-11H2,1H3,(H,19,25)(H,20,26)(H,23,24). The molecule has 0 spiro atoms. The van der Waals surface area contributed by atoms with Crippen LogP contribution in [0.3, 0.4) is 0 Å². The molecule has 2 unspecified atom stereocenters. The molecule has 1 aromatic rings. The van der Waals surface area contributed by atoms with E-state index in [1.807, 2.05) is 13.0 Å². The summed E-state index contributed by atoms with van der Waals surface area (Å²) in [4.78, 5) is 39.0. The summed E-state index contributed by atoms with van der Waals surface area (Å²) in [6, 6.07) is 6.66. The van der Waals surface area contributed by atoms with Crippen molar-refractivity contribution in [3.63, 3.8) is 0 Å². The van der Waals surface area contributed by atoms with Gasteiger partial charge in [-0.2, -0.15) is 0 Å². The molecule has 8 heteroatoms. The summed E-state index contributed by atoms with van der Waals surface area (Å²) in [6.45, 7) is 3.99. The quantitative estimate of drug-likeness (QED) is 0.769. The van der Waals surface area contributed by atoms with Crippen LogP contribution in [-0.4, -0.2) is 54.2 Å². The highest BCUT2D eigenvalue weighted by Crippen LogP contribution is 2.24. The number of likely N-dealkylation sites (tertiary alicyclic amines) is 1. The summed E-state index contributed by atoms with van der Waals surface area (Å²) in [5, 5.41) is 14.9. The van der Waals surface area contributed by atoms with Gasteiger partial charge in [0, 0.05) is 37.6 Å². The number of piperidine rings is 1. The zero-order valence-electron chi connectivity index (χ0n) is 14.8. The highest BCUT2D eigenvalue weighted by Gasteiger charge is 2.32. The Hall–Kier alpha value is -2.77. The van der Waals surface area contributed by atoms with E-state index in [1.165, 1.54) is 0 Å². The molecule has 0 saturated carbocycles. The number of rotatable bonds is 3. The van der Waals surface area contributed by atoms with Gasteiger partial charge in [0.25, 0.3) is 0 Å². The first-order valence-corrected chi connectivity index (χ1v) is 8.88. The molecule has 2 fully saturated rings. The fourth-order valence-corrected chi connectivity index (χ4v) is 3.53. The second kappa shape index (κ2) is 7.63. The molecule has 3 rings (SSSR count). The maximum atomic E-state index is 12.6. The molecular weight excluding hydrogens is 336 g/mol. The predicted molar refractivity (Wildman–Crippen MR) is 97.3 cm³/mol. The number of nitrogens with zero attached hydrogens (tertiary/aromatic N) is 2. The summed E-state index contributed by atoms with van der Waals surface area (Å²) in [5.74, 6) is -1.26. The lowest BCUT2D eigenvalue weighted by molar-refractivity contribution is -0.143. The van der Waals surface area contributed by atoms with Crippen LogP contribution in [-0.2, 0) is 4.79 Å². The van der Waals surface area contributed by atoms with Crippen molar-refractivity contribution in [3.05, 3.63) is 24.3 Å². The van der Waals surface area contributed by atoms with Gasteiger partial charge >= 0.3 is 18.0 Å². The van der Waals surface area contributed by atoms with Crippen LogP contribution in [0.5, 0.6) is 0 Å². The smallest absolute Gasteiger partial charge is 0.321 e. The molecule has 1 aromatic carbocycles. The van der Waals surface area contributed by atoms with Crippen LogP contribution < -0.4 is 15.5 Å². The monoisotopic (exact) mass is 360 g/mol. The van der Waals surface area contributed by atoms with Crippen molar-refractivity contribution >= 4 is 29.4 Å². The Kier molecular flexibility index (Phi) is 5.29. The minimum absolute atomic E-state index is 0.138. The number of aliphatic carboxylic acids is 1. The van der Waals surface area contributed by atoms with E-state index in [9.17, 15) is 19.5 Å². The average Bonchev–Trinajstić information content (AvgIpc) is 2.61. The summed E-state index contributed by atoms with van der Waals surface area (Å²) >= 11 is 0. The van der Waals surface area contributed by atoms with Crippen molar-refractivity contribution in [1.29, 1.82) is 0 Å². The lowest BCUT2D eigenvalue weighted by Crippen LogP contribution is -2.47. The zero-order chi connectivity index (χ0) is 18.7. The van der Waals surface area contributed by atoms with E-state index < -0.39 is 11.9 Å². The predicted octanol–water partition coefficient (Wildman–Crippen LogP) is 2.18. The first-order chi connectivity index (χ1) is 12.4. The first kappa shape index (κ1) is 18.0. The van der Waals surface area contributed by atoms with Crippen molar-refractivity contribution in [2.45, 2.75) is 19.8 Å². The van der Waals surface area contributed by atoms with Crippen LogP contribution in [0.4, 0.5) is 21.0 Å². The lowest BCUT2D eigenvalue weighted by Gasteiger charge is -2.34. The maximum Gasteiger partial charge on any atom is 0.321 e. The molecule has 2 aliphatic rings. The van der Waals surface area contributed by atoms with Crippen molar-refractivity contribution in [2.75, 3.05) is 36.4 Å². The Bertz CT molecular complexity index is 708. The van der Waals surface area contributed by atoms with Crippen LogP contribution in [0.15, 0.2) is 24.3 Å². The zero-order valence-corrected chi connectivity index (χ0v) is 14.8. The van der Waals surface area contributed by atoms with Crippen LogP contribution >= 0.6 is 0 Å². The largest absolute Gasteiger partial charge is 0.481 e. The Morgan fingerprint density at radius 2 is 2.12 bits per heavy atom. The Morgan fingerprint density at radius 1 is 1.31 bits per heavy atom. The van der Waals surface area contributed by atoms with Crippen molar-refractivity contribution in [1.82, 2.24) is 10.2 Å². The van der Waals surface area contributed by atoms with Gasteiger partial charge in [-0.1, -0.05) is 13.0 Å². The molecule has 4 amide bonds. The number of carboxylic acid groups (broad SMARTS) is 1. The fourth-order valence-electron chi connectivity index (χ4n) is 3.53. The number of amides is 4. The van der Waals surface area contributed by atoms with Gasteiger partial charge in [0.05, 0.1) is 5.92 Å². The van der Waals surface area contributed by atoms with Gasteiger partial charge in [-0.05, 0) is 37.0 Å². The number of anilines is 2. The van der Waals surface area contributed by atoms with Crippen LogP contribution in [0.25, 0.3) is 0 Å². The number of hydrogen-bond acceptors (Lipinski definition) is 3. The molecular formula is C18H24N4O4. The fraction of sp³-hybridized carbons (Fsp3) is 0.500. The van der Waals surface area contributed by atoms with Crippen LogP contribution in [0.1, 0.15) is 19.8 Å². The lowest BCUT2D eigenvalue weighted by atomic mass is 9.91. The Balaban J connectivity index is 1.68. The van der Waals surface area contributed by atoms with Crippen molar-refractivity contribution < 1.29 is 19.5 Å². The highest BCUT2D eigenvalue weighted by molar-refractivity contribution is 5.95. The second-order valence-electron chi connectivity index (χ2n) is 7.00. The molecule has 0 radical (unpaired) electrons. The summed E-state index contributed by atoms with van der Waals surface area (Å²) in [7, 11) is 0. The van der Waals surface area contributed by atoms with Gasteiger partial charge < -0.3 is 20.6 Å². The Labute approximate surface area is 152 Å². The number of carbonyl (C=O) groups is 3. The molecule has 2 aliphatic heterocycles. The van der Waals surface area contributed by atoms with E-state index in [-0.39, 0.29) is 24.5 Å². The first-order valence-electron chi connectivity index (χ1n) is 8.88. The number of hydrogen-bond donors (Lipinski definition) is 3. The molecule has 0 aromatic heterocycles. The third kappa shape index (κ3) is 4.07. The molecule has 2 heterocycles. The second-order valence-corrected chi connectivity index (χ2v) is 7.00. The summed E-state index contributed by atoms with van der Waals surface area (Å²) < 4.78 is 0. The van der Waals surface area contributed by atoms with E-state index in [1.54, 1.807) is 28.0 Å². The number of nitrogens with one attached hydrogen (secondary N) is 2. The normalized spacial score (nSPS) is 23.3. The maximum absolute atomic E-state index is 12.6. The van der Waals surface area contributed by atoms with Crippen molar-refractivity contribution in [3.8, 4) is 0 Å². The molecule has 8 nitrogen and oxygen atoms in total. The summed E-state index contributed by atoms with van der Waals surface area (Å²) in [6.07, 6.45) is 1.45. The number of urea groups is 2. The van der Waals surface area contributed by atoms with Gasteiger partial charge in [-0.3, -0.25) is 9.69 Å². The third-order valence-corrected chi connectivity index (χ3v) is 4.79.